The molecular weight excluding hydrogens is 149 g/mol. The molecule has 1 heterocycles. The summed E-state index contributed by atoms with van der Waals surface area (Å²) in [6.45, 7) is 1.98. The number of rotatable bonds is 2. The molecule has 0 bridgehead atoms. The van der Waals surface area contributed by atoms with E-state index in [4.69, 9.17) is 10.0 Å². The first-order valence-corrected chi connectivity index (χ1v) is 4.61. The molecule has 1 saturated heterocycles. The van der Waals surface area contributed by atoms with E-state index in [1.807, 2.05) is 11.8 Å². The van der Waals surface area contributed by atoms with E-state index < -0.39 is 7.12 Å². The summed E-state index contributed by atoms with van der Waals surface area (Å²) in [6, 6.07) is 0. The van der Waals surface area contributed by atoms with Crippen LogP contribution in [0, 0.1) is 0 Å². The number of hydrogen-bond acceptors (Lipinski definition) is 4. The van der Waals surface area contributed by atoms with E-state index in [9.17, 15) is 0 Å². The fourth-order valence-corrected chi connectivity index (χ4v) is 1.99. The van der Waals surface area contributed by atoms with Gasteiger partial charge in [-0.25, -0.2) is 0 Å². The monoisotopic (exact) mass is 161 g/mol. The van der Waals surface area contributed by atoms with E-state index in [1.165, 1.54) is 0 Å². The maximum atomic E-state index is 8.61. The van der Waals surface area contributed by atoms with Crippen LogP contribution in [-0.2, 0) is 0 Å². The highest BCUT2D eigenvalue weighted by Crippen LogP contribution is 2.08. The Hall–Kier alpha value is 0.295. The van der Waals surface area contributed by atoms with Gasteiger partial charge < -0.3 is 14.9 Å². The molecule has 10 heavy (non-hydrogen) atoms. The molecule has 0 saturated carbocycles. The zero-order chi connectivity index (χ0) is 7.40. The van der Waals surface area contributed by atoms with Gasteiger partial charge in [-0.2, -0.15) is 11.8 Å². The third-order valence-corrected chi connectivity index (χ3v) is 2.47. The molecule has 1 rings (SSSR count). The standard InChI is InChI=1S/C5H12BNO2S/c8-6(9)5-7-1-3-10-4-2-7/h8-9H,1-5H2. The topological polar surface area (TPSA) is 43.7 Å². The molecule has 5 heteroatoms. The Bertz CT molecular complexity index is 97.6. The first-order chi connectivity index (χ1) is 4.79. The average molecular weight is 161 g/mol. The third-order valence-electron chi connectivity index (χ3n) is 1.53. The molecule has 1 fully saturated rings. The van der Waals surface area contributed by atoms with Crippen molar-refractivity contribution < 1.29 is 10.0 Å². The molecule has 2 N–H and O–H groups in total. The molecule has 0 aromatic carbocycles. The third kappa shape index (κ3) is 2.92. The Labute approximate surface area is 65.6 Å². The zero-order valence-corrected chi connectivity index (χ0v) is 6.68. The highest BCUT2D eigenvalue weighted by Gasteiger charge is 2.16. The summed E-state index contributed by atoms with van der Waals surface area (Å²) in [5.74, 6) is 2.24. The van der Waals surface area contributed by atoms with E-state index in [1.54, 1.807) is 0 Å². The van der Waals surface area contributed by atoms with Crippen molar-refractivity contribution in [3.63, 3.8) is 0 Å². The summed E-state index contributed by atoms with van der Waals surface area (Å²) in [4.78, 5) is 2.07. The van der Waals surface area contributed by atoms with Gasteiger partial charge in [-0.1, -0.05) is 0 Å². The van der Waals surface area contributed by atoms with Crippen molar-refractivity contribution in [1.29, 1.82) is 0 Å². The van der Waals surface area contributed by atoms with Crippen LogP contribution >= 0.6 is 11.8 Å². The maximum absolute atomic E-state index is 8.61. The Balaban J connectivity index is 2.13. The summed E-state index contributed by atoms with van der Waals surface area (Å²) in [6.07, 6.45) is 0.403. The zero-order valence-electron chi connectivity index (χ0n) is 5.86. The Morgan fingerprint density at radius 1 is 1.30 bits per heavy atom. The molecule has 0 aromatic heterocycles. The lowest BCUT2D eigenvalue weighted by atomic mass is 9.91. The number of thioether (sulfide) groups is 1. The van der Waals surface area contributed by atoms with Gasteiger partial charge in [0, 0.05) is 31.0 Å². The fourth-order valence-electron chi connectivity index (χ4n) is 1.01. The molecule has 0 radical (unpaired) electrons. The number of nitrogens with zero attached hydrogens (tertiary/aromatic N) is 1. The fraction of sp³-hybridized carbons (Fsp3) is 1.00. The Kier molecular flexibility index (Phi) is 3.55. The van der Waals surface area contributed by atoms with Crippen molar-refractivity contribution in [3.05, 3.63) is 0 Å². The molecule has 0 spiro atoms. The second-order valence-electron chi connectivity index (χ2n) is 2.39. The molecule has 3 nitrogen and oxygen atoms in total. The highest BCUT2D eigenvalue weighted by molar-refractivity contribution is 7.99. The van der Waals surface area contributed by atoms with E-state index in [0.29, 0.717) is 6.44 Å². The Morgan fingerprint density at radius 2 is 1.90 bits per heavy atom. The lowest BCUT2D eigenvalue weighted by Crippen LogP contribution is -2.40. The lowest BCUT2D eigenvalue weighted by molar-refractivity contribution is 0.299. The lowest BCUT2D eigenvalue weighted by Gasteiger charge is -2.25. The van der Waals surface area contributed by atoms with Gasteiger partial charge in [-0.15, -0.1) is 0 Å². The second kappa shape index (κ2) is 4.23. The van der Waals surface area contributed by atoms with Crippen LogP contribution < -0.4 is 0 Å². The Morgan fingerprint density at radius 3 is 2.40 bits per heavy atom. The van der Waals surface area contributed by atoms with Crippen molar-refractivity contribution in [3.8, 4) is 0 Å². The molecule has 0 atom stereocenters. The first kappa shape index (κ1) is 8.39. The van der Waals surface area contributed by atoms with Gasteiger partial charge >= 0.3 is 7.12 Å². The van der Waals surface area contributed by atoms with Gasteiger partial charge in [0.05, 0.1) is 0 Å². The van der Waals surface area contributed by atoms with Gasteiger partial charge in [-0.05, 0) is 0 Å². The molecule has 1 aliphatic heterocycles. The van der Waals surface area contributed by atoms with Crippen molar-refractivity contribution >= 4 is 18.9 Å². The smallest absolute Gasteiger partial charge is 0.426 e. The summed E-state index contributed by atoms with van der Waals surface area (Å²) >= 11 is 1.92. The summed E-state index contributed by atoms with van der Waals surface area (Å²) < 4.78 is 0. The summed E-state index contributed by atoms with van der Waals surface area (Å²) in [5, 5.41) is 17.2. The van der Waals surface area contributed by atoms with Crippen LogP contribution in [0.25, 0.3) is 0 Å². The largest absolute Gasteiger partial charge is 0.466 e. The van der Waals surface area contributed by atoms with Crippen LogP contribution in [0.2, 0.25) is 0 Å². The maximum Gasteiger partial charge on any atom is 0.466 e. The van der Waals surface area contributed by atoms with E-state index >= 15 is 0 Å². The van der Waals surface area contributed by atoms with Crippen LogP contribution in [0.5, 0.6) is 0 Å². The van der Waals surface area contributed by atoms with Crippen LogP contribution in [0.15, 0.2) is 0 Å². The minimum absolute atomic E-state index is 0.403. The van der Waals surface area contributed by atoms with Gasteiger partial charge in [-0.3, -0.25) is 0 Å². The van der Waals surface area contributed by atoms with E-state index in [-0.39, 0.29) is 0 Å². The minimum atomic E-state index is -1.16. The van der Waals surface area contributed by atoms with Gasteiger partial charge in [0.2, 0.25) is 0 Å². The molecule has 0 aliphatic carbocycles. The van der Waals surface area contributed by atoms with Crippen molar-refractivity contribution in [2.45, 2.75) is 0 Å². The van der Waals surface area contributed by atoms with Crippen molar-refractivity contribution in [2.75, 3.05) is 31.0 Å². The summed E-state index contributed by atoms with van der Waals surface area (Å²) in [7, 11) is -1.16. The van der Waals surface area contributed by atoms with Crippen LogP contribution in [-0.4, -0.2) is 53.1 Å². The van der Waals surface area contributed by atoms with Crippen LogP contribution in [0.4, 0.5) is 0 Å². The molecule has 58 valence electrons. The molecule has 0 unspecified atom stereocenters. The van der Waals surface area contributed by atoms with Crippen molar-refractivity contribution in [1.82, 2.24) is 4.90 Å². The molecule has 0 aromatic rings. The number of hydrogen-bond donors (Lipinski definition) is 2. The predicted molar refractivity (Wildman–Crippen MR) is 44.0 cm³/mol. The van der Waals surface area contributed by atoms with E-state index in [0.717, 1.165) is 24.6 Å². The van der Waals surface area contributed by atoms with Gasteiger partial charge in [0.1, 0.15) is 0 Å². The van der Waals surface area contributed by atoms with Crippen molar-refractivity contribution in [2.24, 2.45) is 0 Å². The molecule has 0 amide bonds. The first-order valence-electron chi connectivity index (χ1n) is 3.45. The SMILES string of the molecule is OB(O)CN1CCSCC1. The summed E-state index contributed by atoms with van der Waals surface area (Å²) in [5.41, 5.74) is 0. The molecular formula is C5H12BNO2S. The van der Waals surface area contributed by atoms with Crippen LogP contribution in [0.3, 0.4) is 0 Å². The highest BCUT2D eigenvalue weighted by atomic mass is 32.2. The molecule has 1 aliphatic rings. The average Bonchev–Trinajstić information content (AvgIpc) is 1.88. The minimum Gasteiger partial charge on any atom is -0.426 e. The van der Waals surface area contributed by atoms with Gasteiger partial charge in [0.15, 0.2) is 0 Å². The quantitative estimate of drug-likeness (QED) is 0.512. The predicted octanol–water partition coefficient (Wildman–Crippen LogP) is -0.953. The normalized spacial score (nSPS) is 21.0. The van der Waals surface area contributed by atoms with E-state index in [2.05, 4.69) is 4.90 Å². The van der Waals surface area contributed by atoms with Gasteiger partial charge in [0.25, 0.3) is 0 Å². The second-order valence-corrected chi connectivity index (χ2v) is 3.62. The van der Waals surface area contributed by atoms with Crippen LogP contribution in [0.1, 0.15) is 0 Å².